The van der Waals surface area contributed by atoms with Gasteiger partial charge in [-0.05, 0) is 143 Å². The van der Waals surface area contributed by atoms with Crippen molar-refractivity contribution in [2.75, 3.05) is 46.2 Å². The summed E-state index contributed by atoms with van der Waals surface area (Å²) >= 11 is 31.7. The Labute approximate surface area is 435 Å². The number of benzene rings is 5. The minimum atomic E-state index is -1.65. The van der Waals surface area contributed by atoms with E-state index in [1.165, 1.54) is 54.6 Å². The van der Waals surface area contributed by atoms with Crippen molar-refractivity contribution in [3.8, 4) is 11.5 Å². The number of ketones is 2. The Balaban J connectivity index is 1.27. The maximum absolute atomic E-state index is 13.6. The maximum atomic E-state index is 13.6. The quantitative estimate of drug-likeness (QED) is 0.0279. The van der Waals surface area contributed by atoms with Crippen molar-refractivity contribution in [2.45, 2.75) is 64.9 Å². The van der Waals surface area contributed by atoms with Gasteiger partial charge in [-0.1, -0.05) is 35.3 Å². The van der Waals surface area contributed by atoms with E-state index in [1.54, 1.807) is 43.3 Å². The van der Waals surface area contributed by atoms with Gasteiger partial charge in [0.1, 0.15) is 22.9 Å². The van der Waals surface area contributed by atoms with Gasteiger partial charge in [-0.2, -0.15) is 20.5 Å². The highest BCUT2D eigenvalue weighted by Crippen LogP contribution is 2.34. The summed E-state index contributed by atoms with van der Waals surface area (Å²) in [5.74, 6) is -2.14. The van der Waals surface area contributed by atoms with E-state index in [9.17, 15) is 28.8 Å². The Hall–Kier alpha value is -6.43. The molecule has 5 aromatic carbocycles. The summed E-state index contributed by atoms with van der Waals surface area (Å²) in [4.78, 5) is 79.3. The van der Waals surface area contributed by atoms with Crippen molar-refractivity contribution in [2.24, 2.45) is 20.5 Å². The Kier molecular flexibility index (Phi) is 20.9. The normalized spacial score (nSPS) is 12.5. The molecule has 0 radical (unpaired) electrons. The lowest BCUT2D eigenvalue weighted by Gasteiger charge is -2.17. The molecule has 4 amide bonds. The van der Waals surface area contributed by atoms with Crippen LogP contribution in [-0.4, -0.2) is 72.3 Å². The molecule has 0 bridgehead atoms. The van der Waals surface area contributed by atoms with Crippen LogP contribution in [0.1, 0.15) is 77.4 Å². The first-order valence-corrected chi connectivity index (χ1v) is 24.3. The molecule has 21 heteroatoms. The van der Waals surface area contributed by atoms with Crippen LogP contribution >= 0.6 is 58.0 Å². The lowest BCUT2D eigenvalue weighted by atomic mass is 10.1. The molecule has 5 aromatic rings. The predicted molar refractivity (Wildman–Crippen MR) is 279 cm³/mol. The van der Waals surface area contributed by atoms with Gasteiger partial charge in [-0.25, -0.2) is 0 Å². The van der Waals surface area contributed by atoms with Crippen LogP contribution < -0.4 is 30.7 Å². The van der Waals surface area contributed by atoms with E-state index in [2.05, 4.69) is 41.7 Å². The van der Waals surface area contributed by atoms with Gasteiger partial charge in [0.05, 0.1) is 39.8 Å². The Bertz CT molecular complexity index is 2860. The van der Waals surface area contributed by atoms with Gasteiger partial charge in [-0.15, -0.1) is 34.8 Å². The zero-order chi connectivity index (χ0) is 51.8. The van der Waals surface area contributed by atoms with E-state index in [4.69, 9.17) is 67.5 Å². The molecule has 0 aromatic heterocycles. The summed E-state index contributed by atoms with van der Waals surface area (Å²) in [5, 5.41) is 26.1. The van der Waals surface area contributed by atoms with Crippen molar-refractivity contribution >= 4 is 127 Å². The summed E-state index contributed by atoms with van der Waals surface area (Å²) in [6, 6.07) is 20.3. The van der Waals surface area contributed by atoms with E-state index in [0.29, 0.717) is 66.3 Å². The summed E-state index contributed by atoms with van der Waals surface area (Å²) in [6.07, 6.45) is 1.03. The smallest absolute Gasteiger partial charge is 0.258 e. The molecule has 0 spiro atoms. The fourth-order valence-electron chi connectivity index (χ4n) is 6.81. The molecule has 3 unspecified atom stereocenters. The van der Waals surface area contributed by atoms with Gasteiger partial charge in [-0.3, -0.25) is 28.8 Å². The number of halogens is 5. The molecule has 0 aliphatic rings. The van der Waals surface area contributed by atoms with Crippen LogP contribution in [0.4, 0.5) is 34.1 Å². The van der Waals surface area contributed by atoms with Crippen molar-refractivity contribution < 1.29 is 38.2 Å². The SMILES string of the molecule is CCOc1ccc(NC(=O)c2cccc(N=NC(C(C)=O)C(=O)Nc3ccc(NC(=O)C(N=Nc4cccc(C(=O)Nc5ccc(OCC)c(CCCl)c5)c4Cl)C(C)=O)c(C(C)Cl)c3)c2Cl)cc1CCCl. The third-order valence-electron chi connectivity index (χ3n) is 10.2. The first kappa shape index (κ1) is 55.5. The number of rotatable bonds is 23. The highest BCUT2D eigenvalue weighted by atomic mass is 35.5. The van der Waals surface area contributed by atoms with Crippen molar-refractivity contribution in [3.05, 3.63) is 129 Å². The predicted octanol–water partition coefficient (Wildman–Crippen LogP) is 12.5. The van der Waals surface area contributed by atoms with Crippen LogP contribution in [0.2, 0.25) is 10.0 Å². The van der Waals surface area contributed by atoms with E-state index in [-0.39, 0.29) is 43.9 Å². The molecule has 16 nitrogen and oxygen atoms in total. The summed E-state index contributed by atoms with van der Waals surface area (Å²) in [5.41, 5.74) is 3.41. The lowest BCUT2D eigenvalue weighted by Crippen LogP contribution is -2.32. The minimum absolute atomic E-state index is 0.0175. The first-order chi connectivity index (χ1) is 34.0. The minimum Gasteiger partial charge on any atom is -0.494 e. The molecule has 0 fully saturated rings. The molecule has 3 atom stereocenters. The number of anilines is 4. The maximum Gasteiger partial charge on any atom is 0.258 e. The number of azo groups is 2. The van der Waals surface area contributed by atoms with Crippen LogP contribution in [0.3, 0.4) is 0 Å². The molecule has 0 saturated heterocycles. The van der Waals surface area contributed by atoms with Crippen molar-refractivity contribution in [1.29, 1.82) is 0 Å². The van der Waals surface area contributed by atoms with Crippen LogP contribution in [0.5, 0.6) is 11.5 Å². The number of alkyl halides is 3. The molecule has 71 heavy (non-hydrogen) atoms. The van der Waals surface area contributed by atoms with Crippen LogP contribution in [0, 0.1) is 0 Å². The first-order valence-electron chi connectivity index (χ1n) is 22.0. The molecule has 4 N–H and O–H groups in total. The largest absolute Gasteiger partial charge is 0.494 e. The number of Topliss-reactive ketones (excluding diaryl/α,β-unsaturated/α-hetero) is 2. The Morgan fingerprint density at radius 3 is 1.41 bits per heavy atom. The molecule has 0 aliphatic carbocycles. The zero-order valence-corrected chi connectivity index (χ0v) is 42.9. The fraction of sp³-hybridized carbons (Fsp3) is 0.280. The summed E-state index contributed by atoms with van der Waals surface area (Å²) in [7, 11) is 0. The standard InChI is InChI=1S/C50H49Cl5N8O8/c1-6-70-41-18-15-32(24-30(41)20-22-51)56-47(66)35-10-8-12-39(43(35)54)60-62-45(28(4)64)49(68)58-34-14-17-38(37(26-34)27(3)53)59-50(69)46(29(5)65)63-61-40-13-9-11-36(44(40)55)48(67)57-33-16-19-42(71-7-2)31(25-33)21-23-52/h8-19,24-27,45-46H,6-7,20-23H2,1-5H3,(H,56,66)(H,57,67)(H,58,68)(H,59,69). The Morgan fingerprint density at radius 2 is 1.00 bits per heavy atom. The second-order valence-electron chi connectivity index (χ2n) is 15.4. The van der Waals surface area contributed by atoms with Gasteiger partial charge in [0.15, 0.2) is 11.6 Å². The molecule has 0 saturated carbocycles. The number of nitrogens with zero attached hydrogens (tertiary/aromatic N) is 4. The molecule has 0 aliphatic heterocycles. The molecular weight excluding hydrogens is 1020 g/mol. The Morgan fingerprint density at radius 1 is 0.577 bits per heavy atom. The monoisotopic (exact) mass is 1060 g/mol. The highest BCUT2D eigenvalue weighted by molar-refractivity contribution is 6.37. The fourth-order valence-corrected chi connectivity index (χ4v) is 7.90. The van der Waals surface area contributed by atoms with E-state index in [1.807, 2.05) is 13.8 Å². The molecule has 0 heterocycles. The topological polar surface area (TPSA) is 218 Å². The third kappa shape index (κ3) is 15.0. The number of aryl methyl sites for hydroxylation is 2. The highest BCUT2D eigenvalue weighted by Gasteiger charge is 2.27. The van der Waals surface area contributed by atoms with E-state index < -0.39 is 52.7 Å². The summed E-state index contributed by atoms with van der Waals surface area (Å²) in [6.45, 7) is 8.57. The lowest BCUT2D eigenvalue weighted by molar-refractivity contribution is -0.127. The molecular formula is C50H49Cl5N8O8. The average molecular weight is 1070 g/mol. The third-order valence-corrected chi connectivity index (χ3v) is 11.7. The van der Waals surface area contributed by atoms with Crippen LogP contribution in [0.25, 0.3) is 0 Å². The second-order valence-corrected chi connectivity index (χ2v) is 17.6. The number of amides is 4. The van der Waals surface area contributed by atoms with Crippen LogP contribution in [-0.2, 0) is 32.0 Å². The van der Waals surface area contributed by atoms with E-state index >= 15 is 0 Å². The number of carbonyl (C=O) groups excluding carboxylic acids is 6. The van der Waals surface area contributed by atoms with Gasteiger partial charge in [0.25, 0.3) is 23.6 Å². The van der Waals surface area contributed by atoms with Crippen LogP contribution in [0.15, 0.2) is 111 Å². The number of carbonyl (C=O) groups is 6. The second kappa shape index (κ2) is 26.7. The zero-order valence-electron chi connectivity index (χ0n) is 39.1. The number of ether oxygens (including phenoxy) is 2. The number of nitrogens with one attached hydrogen (secondary N) is 4. The van der Waals surface area contributed by atoms with Crippen molar-refractivity contribution in [3.63, 3.8) is 0 Å². The molecule has 5 rings (SSSR count). The number of hydrogen-bond acceptors (Lipinski definition) is 12. The molecule has 372 valence electrons. The number of hydrogen-bond donors (Lipinski definition) is 4. The van der Waals surface area contributed by atoms with E-state index in [0.717, 1.165) is 25.0 Å². The van der Waals surface area contributed by atoms with Gasteiger partial charge < -0.3 is 30.7 Å². The van der Waals surface area contributed by atoms with Gasteiger partial charge in [0, 0.05) is 34.5 Å². The summed E-state index contributed by atoms with van der Waals surface area (Å²) < 4.78 is 11.3. The van der Waals surface area contributed by atoms with Crippen molar-refractivity contribution in [1.82, 2.24) is 0 Å². The van der Waals surface area contributed by atoms with Gasteiger partial charge >= 0.3 is 0 Å². The van der Waals surface area contributed by atoms with Gasteiger partial charge in [0.2, 0.25) is 12.1 Å². The average Bonchev–Trinajstić information content (AvgIpc) is 3.32.